The number of alkyl halides is 4. The summed E-state index contributed by atoms with van der Waals surface area (Å²) in [5.41, 5.74) is -1.68. The molecule has 0 radical (unpaired) electrons. The number of benzene rings is 1. The molecule has 2 saturated heterocycles. The highest BCUT2D eigenvalue weighted by atomic mass is 35.5. The molecule has 2 fully saturated rings. The molecular weight excluding hydrogens is 538 g/mol. The van der Waals surface area contributed by atoms with Crippen molar-refractivity contribution in [3.8, 4) is 0 Å². The second-order valence-corrected chi connectivity index (χ2v) is 12.1. The minimum atomic E-state index is -4.43. The van der Waals surface area contributed by atoms with Gasteiger partial charge in [0.05, 0.1) is 12.5 Å². The van der Waals surface area contributed by atoms with E-state index in [0.29, 0.717) is 10.6 Å². The van der Waals surface area contributed by atoms with Crippen molar-refractivity contribution in [3.05, 3.63) is 46.3 Å². The van der Waals surface area contributed by atoms with Crippen LogP contribution >= 0.6 is 11.6 Å². The molecule has 2 aliphatic heterocycles. The Morgan fingerprint density at radius 3 is 2.41 bits per heavy atom. The maximum absolute atomic E-state index is 15.4. The number of nitrogens with one attached hydrogen (secondary N) is 1. The van der Waals surface area contributed by atoms with Crippen molar-refractivity contribution >= 4 is 33.3 Å². The summed E-state index contributed by atoms with van der Waals surface area (Å²) in [5.74, 6) is -2.67. The number of piperidine rings is 1. The molecule has 2 amide bonds. The van der Waals surface area contributed by atoms with Gasteiger partial charge in [-0.2, -0.15) is 13.2 Å². The normalized spacial score (nSPS) is 23.8. The fraction of sp³-hybridized carbons (Fsp3) is 0.583. The van der Waals surface area contributed by atoms with Crippen molar-refractivity contribution < 1.29 is 35.6 Å². The molecule has 1 aromatic carbocycles. The average Bonchev–Trinajstić information content (AvgIpc) is 3.19. The lowest BCUT2D eigenvalue weighted by Crippen LogP contribution is -2.54. The molecule has 2 aliphatic rings. The first kappa shape index (κ1) is 29.4. The van der Waals surface area contributed by atoms with Gasteiger partial charge < -0.3 is 10.2 Å². The summed E-state index contributed by atoms with van der Waals surface area (Å²) in [7, 11) is -3.41. The van der Waals surface area contributed by atoms with Crippen molar-refractivity contribution in [2.45, 2.75) is 43.6 Å². The summed E-state index contributed by atoms with van der Waals surface area (Å²) in [6, 6.07) is 5.98. The molecule has 2 heterocycles. The van der Waals surface area contributed by atoms with Gasteiger partial charge in [-0.05, 0) is 18.6 Å². The summed E-state index contributed by atoms with van der Waals surface area (Å²) >= 11 is 6.30. The van der Waals surface area contributed by atoms with Gasteiger partial charge in [-0.15, -0.1) is 0 Å². The van der Waals surface area contributed by atoms with E-state index in [9.17, 15) is 31.2 Å². The second kappa shape index (κ2) is 11.3. The number of likely N-dealkylation sites (tertiary alicyclic amines) is 2. The minimum absolute atomic E-state index is 0.00182. The fourth-order valence-electron chi connectivity index (χ4n) is 4.80. The third kappa shape index (κ3) is 7.90. The predicted molar refractivity (Wildman–Crippen MR) is 131 cm³/mol. The van der Waals surface area contributed by atoms with Gasteiger partial charge in [-0.25, -0.2) is 12.8 Å². The predicted octanol–water partition coefficient (Wildman–Crippen LogP) is 3.31. The third-order valence-corrected chi connectivity index (χ3v) is 7.66. The van der Waals surface area contributed by atoms with Crippen molar-refractivity contribution in [2.24, 2.45) is 5.92 Å². The van der Waals surface area contributed by atoms with Crippen molar-refractivity contribution in [1.29, 1.82) is 0 Å². The van der Waals surface area contributed by atoms with Crippen LogP contribution in [0.1, 0.15) is 31.2 Å². The Hall–Kier alpha value is -2.18. The van der Waals surface area contributed by atoms with Crippen molar-refractivity contribution in [2.75, 3.05) is 39.0 Å². The zero-order valence-electron chi connectivity index (χ0n) is 20.5. The molecule has 1 aromatic rings. The van der Waals surface area contributed by atoms with E-state index in [-0.39, 0.29) is 39.0 Å². The maximum Gasteiger partial charge on any atom is 0.401 e. The van der Waals surface area contributed by atoms with Crippen LogP contribution in [0.5, 0.6) is 0 Å². The number of halogens is 5. The number of hydrogen-bond donors (Lipinski definition) is 1. The topological polar surface area (TPSA) is 86.8 Å². The smallest absolute Gasteiger partial charge is 0.347 e. The van der Waals surface area contributed by atoms with E-state index in [2.05, 4.69) is 5.32 Å². The maximum atomic E-state index is 15.4. The highest BCUT2D eigenvalue weighted by Gasteiger charge is 2.47. The number of carbonyl (C=O) groups excluding carboxylic acids is 2. The fourth-order valence-corrected chi connectivity index (χ4v) is 5.59. The standard InChI is InChI=1S/C24H30ClF4N3O4S/c1-16(7-12-37(2,35)36)30-22(34)23(26)8-10-32(11-9-23)21(33)19-14-31(15-24(27,28)29)13-18(19)17-5-3-4-6-20(17)25/h3-7,12,16,18-19H,8-11,13-15H2,1-2H3,(H,30,34)/b12-7-/t16-,18+,19+/m1/s1. The number of amides is 2. The van der Waals surface area contributed by atoms with Crippen LogP contribution < -0.4 is 5.32 Å². The SMILES string of the molecule is C[C@H](/C=C\S(C)(=O)=O)NC(=O)C1(F)CCN(C(=O)[C@H]2CN(CC(F)(F)F)C[C@H]2c2ccccc2Cl)CC1. The Labute approximate surface area is 218 Å². The van der Waals surface area contributed by atoms with E-state index in [4.69, 9.17) is 11.6 Å². The van der Waals surface area contributed by atoms with Crippen LogP contribution in [0.4, 0.5) is 17.6 Å². The lowest BCUT2D eigenvalue weighted by molar-refractivity contribution is -0.147. The Morgan fingerprint density at radius 1 is 1.22 bits per heavy atom. The highest BCUT2D eigenvalue weighted by molar-refractivity contribution is 7.93. The Morgan fingerprint density at radius 2 is 1.84 bits per heavy atom. The molecule has 37 heavy (non-hydrogen) atoms. The molecule has 13 heteroatoms. The molecule has 206 valence electrons. The van der Waals surface area contributed by atoms with Gasteiger partial charge in [0.15, 0.2) is 15.5 Å². The number of nitrogens with zero attached hydrogens (tertiary/aromatic N) is 2. The zero-order valence-corrected chi connectivity index (χ0v) is 22.0. The van der Waals surface area contributed by atoms with Crippen LogP contribution in [0.2, 0.25) is 5.02 Å². The second-order valence-electron chi connectivity index (χ2n) is 9.75. The first-order chi connectivity index (χ1) is 17.1. The first-order valence-electron chi connectivity index (χ1n) is 11.8. The molecule has 0 unspecified atom stereocenters. The summed E-state index contributed by atoms with van der Waals surface area (Å²) in [6.45, 7) is 0.0708. The van der Waals surface area contributed by atoms with E-state index < -0.39 is 57.9 Å². The zero-order chi connectivity index (χ0) is 27.6. The van der Waals surface area contributed by atoms with E-state index in [0.717, 1.165) is 11.7 Å². The van der Waals surface area contributed by atoms with E-state index in [1.807, 2.05) is 0 Å². The molecule has 0 aliphatic carbocycles. The van der Waals surface area contributed by atoms with E-state index in [1.165, 1.54) is 22.8 Å². The summed E-state index contributed by atoms with van der Waals surface area (Å²) < 4.78 is 77.1. The van der Waals surface area contributed by atoms with Gasteiger partial charge >= 0.3 is 6.18 Å². The summed E-state index contributed by atoms with van der Waals surface area (Å²) in [4.78, 5) is 28.5. The molecule has 0 saturated carbocycles. The van der Waals surface area contributed by atoms with Gasteiger partial charge in [0.2, 0.25) is 5.91 Å². The van der Waals surface area contributed by atoms with Crippen molar-refractivity contribution in [1.82, 2.24) is 15.1 Å². The minimum Gasteiger partial charge on any atom is -0.347 e. The number of sulfone groups is 1. The lowest BCUT2D eigenvalue weighted by atomic mass is 9.86. The molecule has 0 bridgehead atoms. The average molecular weight is 568 g/mol. The van der Waals surface area contributed by atoms with Gasteiger partial charge in [0.1, 0.15) is 0 Å². The third-order valence-electron chi connectivity index (χ3n) is 6.67. The Kier molecular flexibility index (Phi) is 8.96. The molecule has 1 N–H and O–H groups in total. The summed E-state index contributed by atoms with van der Waals surface area (Å²) in [5, 5.41) is 3.71. The van der Waals surface area contributed by atoms with Crippen molar-refractivity contribution in [3.63, 3.8) is 0 Å². The van der Waals surface area contributed by atoms with Crippen LogP contribution in [0.25, 0.3) is 0 Å². The summed E-state index contributed by atoms with van der Waals surface area (Å²) in [6.07, 6.45) is -2.78. The number of hydrogen-bond acceptors (Lipinski definition) is 5. The van der Waals surface area contributed by atoms with Crippen LogP contribution in [0, 0.1) is 5.92 Å². The van der Waals surface area contributed by atoms with Crippen LogP contribution in [0.15, 0.2) is 35.7 Å². The van der Waals surface area contributed by atoms with Gasteiger partial charge in [-0.1, -0.05) is 35.9 Å². The van der Waals surface area contributed by atoms with Crippen LogP contribution in [-0.2, 0) is 19.4 Å². The van der Waals surface area contributed by atoms with Crippen LogP contribution in [-0.4, -0.2) is 86.9 Å². The molecule has 7 nitrogen and oxygen atoms in total. The highest BCUT2D eigenvalue weighted by Crippen LogP contribution is 2.39. The van der Waals surface area contributed by atoms with E-state index >= 15 is 4.39 Å². The number of carbonyl (C=O) groups is 2. The van der Waals surface area contributed by atoms with Gasteiger partial charge in [-0.3, -0.25) is 14.5 Å². The molecule has 3 atom stereocenters. The quantitative estimate of drug-likeness (QED) is 0.511. The lowest BCUT2D eigenvalue weighted by Gasteiger charge is -2.37. The molecular formula is C24H30ClF4N3O4S. The van der Waals surface area contributed by atoms with Crippen LogP contribution in [0.3, 0.4) is 0 Å². The first-order valence-corrected chi connectivity index (χ1v) is 14.1. The largest absolute Gasteiger partial charge is 0.401 e. The molecule has 3 rings (SSSR count). The molecule has 0 aromatic heterocycles. The van der Waals surface area contributed by atoms with Gasteiger partial charge in [0, 0.05) is 67.7 Å². The Bertz CT molecular complexity index is 1140. The number of rotatable bonds is 7. The molecule has 0 spiro atoms. The Balaban J connectivity index is 1.68. The monoisotopic (exact) mass is 567 g/mol. The van der Waals surface area contributed by atoms with E-state index in [1.54, 1.807) is 24.3 Å². The van der Waals surface area contributed by atoms with Gasteiger partial charge in [0.25, 0.3) is 5.91 Å².